The van der Waals surface area contributed by atoms with Gasteiger partial charge in [-0.05, 0) is 62.8 Å². The highest BCUT2D eigenvalue weighted by molar-refractivity contribution is 6.07. The van der Waals surface area contributed by atoms with Crippen molar-refractivity contribution in [2.24, 2.45) is 16.7 Å². The van der Waals surface area contributed by atoms with Gasteiger partial charge >= 0.3 is 6.03 Å². The molecule has 42 heavy (non-hydrogen) atoms. The molecule has 5 unspecified atom stereocenters. The van der Waals surface area contributed by atoms with E-state index < -0.39 is 5.54 Å². The van der Waals surface area contributed by atoms with Crippen LogP contribution in [0.5, 0.6) is 0 Å². The first-order chi connectivity index (χ1) is 19.9. The first kappa shape index (κ1) is 28.3. The highest BCUT2D eigenvalue weighted by atomic mass is 16.5. The molecule has 2 spiro atoms. The number of ether oxygens (including phenoxy) is 1. The Morgan fingerprint density at radius 3 is 2.38 bits per heavy atom. The van der Waals surface area contributed by atoms with Gasteiger partial charge in [-0.3, -0.25) is 19.4 Å². The predicted octanol–water partition coefficient (Wildman–Crippen LogP) is 4.49. The molecule has 1 aromatic carbocycles. The molecule has 4 amide bonds. The maximum Gasteiger partial charge on any atom is 0.327 e. The van der Waals surface area contributed by atoms with Crippen LogP contribution >= 0.6 is 0 Å². The Balaban J connectivity index is 1.13. The summed E-state index contributed by atoms with van der Waals surface area (Å²) >= 11 is 0. The number of likely N-dealkylation sites (tertiary alicyclic amines) is 2. The lowest BCUT2D eigenvalue weighted by atomic mass is 9.53. The van der Waals surface area contributed by atoms with Crippen molar-refractivity contribution in [1.82, 2.24) is 19.6 Å². The lowest BCUT2D eigenvalue weighted by Crippen LogP contribution is -2.75. The van der Waals surface area contributed by atoms with E-state index in [2.05, 4.69) is 74.8 Å². The molecule has 0 aromatic heterocycles. The summed E-state index contributed by atoms with van der Waals surface area (Å²) in [5.41, 5.74) is 0.670. The number of nitrogens with zero attached hydrogens (tertiary/aromatic N) is 4. The second-order valence-corrected chi connectivity index (χ2v) is 15.7. The second kappa shape index (κ2) is 9.78. The van der Waals surface area contributed by atoms with Crippen LogP contribution in [0, 0.1) is 16.7 Å². The molecule has 2 aliphatic carbocycles. The Hall–Kier alpha value is -2.45. The number of piperidine rings is 1. The Labute approximate surface area is 250 Å². The number of rotatable bonds is 7. The zero-order valence-corrected chi connectivity index (χ0v) is 26.1. The molecule has 228 valence electrons. The van der Waals surface area contributed by atoms with E-state index in [1.807, 2.05) is 4.90 Å². The van der Waals surface area contributed by atoms with E-state index in [4.69, 9.17) is 4.74 Å². The summed E-state index contributed by atoms with van der Waals surface area (Å²) in [5.74, 6) is 0.916. The van der Waals surface area contributed by atoms with Gasteiger partial charge in [0, 0.05) is 62.1 Å². The Morgan fingerprint density at radius 1 is 1.05 bits per heavy atom. The number of hydrogen-bond donors (Lipinski definition) is 0. The molecule has 4 saturated heterocycles. The Morgan fingerprint density at radius 2 is 1.79 bits per heavy atom. The molecule has 4 heterocycles. The molecule has 6 fully saturated rings. The third-order valence-corrected chi connectivity index (χ3v) is 11.5. The average Bonchev–Trinajstić information content (AvgIpc) is 3.52. The van der Waals surface area contributed by atoms with Gasteiger partial charge in [-0.25, -0.2) is 4.79 Å². The van der Waals surface area contributed by atoms with Gasteiger partial charge in [0.25, 0.3) is 5.91 Å². The van der Waals surface area contributed by atoms with E-state index in [1.54, 1.807) is 0 Å². The van der Waals surface area contributed by atoms with E-state index in [-0.39, 0.29) is 40.8 Å². The summed E-state index contributed by atoms with van der Waals surface area (Å²) in [6.45, 7) is 14.1. The Kier molecular flexibility index (Phi) is 6.60. The zero-order valence-electron chi connectivity index (χ0n) is 26.1. The number of hydrogen-bond acceptors (Lipinski definition) is 5. The average molecular weight is 577 g/mol. The molecule has 4 aliphatic heterocycles. The fourth-order valence-electron chi connectivity index (χ4n) is 9.61. The lowest BCUT2D eigenvalue weighted by molar-refractivity contribution is -0.193. The minimum atomic E-state index is -0.740. The van der Waals surface area contributed by atoms with Crippen LogP contribution in [-0.2, 0) is 14.3 Å². The molecule has 1 aromatic rings. The third-order valence-electron chi connectivity index (χ3n) is 11.5. The first-order valence-electron chi connectivity index (χ1n) is 16.3. The minimum absolute atomic E-state index is 0.00746. The molecule has 0 bridgehead atoms. The van der Waals surface area contributed by atoms with Crippen molar-refractivity contribution in [2.75, 3.05) is 32.8 Å². The van der Waals surface area contributed by atoms with E-state index in [0.29, 0.717) is 43.5 Å². The zero-order chi connectivity index (χ0) is 29.6. The number of benzene rings is 1. The van der Waals surface area contributed by atoms with Crippen molar-refractivity contribution in [3.63, 3.8) is 0 Å². The first-order valence-corrected chi connectivity index (χ1v) is 16.3. The van der Waals surface area contributed by atoms with Crippen molar-refractivity contribution in [3.05, 3.63) is 35.9 Å². The van der Waals surface area contributed by atoms with Gasteiger partial charge in [-0.2, -0.15) is 0 Å². The molecule has 8 heteroatoms. The van der Waals surface area contributed by atoms with Gasteiger partial charge < -0.3 is 14.5 Å². The summed E-state index contributed by atoms with van der Waals surface area (Å²) in [6, 6.07) is 11.3. The van der Waals surface area contributed by atoms with Crippen molar-refractivity contribution >= 4 is 17.8 Å². The maximum atomic E-state index is 14.2. The van der Waals surface area contributed by atoms with E-state index >= 15 is 0 Å². The smallest absolute Gasteiger partial charge is 0.327 e. The number of amides is 4. The molecule has 7 atom stereocenters. The van der Waals surface area contributed by atoms with Crippen molar-refractivity contribution in [2.45, 2.75) is 109 Å². The van der Waals surface area contributed by atoms with E-state index in [0.717, 1.165) is 51.7 Å². The molecule has 7 rings (SSSR count). The van der Waals surface area contributed by atoms with Crippen molar-refractivity contribution in [3.8, 4) is 0 Å². The van der Waals surface area contributed by atoms with Gasteiger partial charge in [-0.15, -0.1) is 0 Å². The lowest BCUT2D eigenvalue weighted by Gasteiger charge is -2.69. The van der Waals surface area contributed by atoms with Crippen molar-refractivity contribution < 1.29 is 19.1 Å². The summed E-state index contributed by atoms with van der Waals surface area (Å²) in [5, 5.41) is 0. The van der Waals surface area contributed by atoms with Gasteiger partial charge in [0.1, 0.15) is 5.54 Å². The van der Waals surface area contributed by atoms with Crippen LogP contribution in [0.1, 0.15) is 84.6 Å². The second-order valence-electron chi connectivity index (χ2n) is 15.7. The van der Waals surface area contributed by atoms with Crippen LogP contribution in [-0.4, -0.2) is 100.0 Å². The van der Waals surface area contributed by atoms with E-state index in [9.17, 15) is 14.4 Å². The van der Waals surface area contributed by atoms with Gasteiger partial charge in [0.2, 0.25) is 5.91 Å². The monoisotopic (exact) mass is 576 g/mol. The van der Waals surface area contributed by atoms with Crippen LogP contribution < -0.4 is 0 Å². The molecular formula is C34H48N4O4. The Bertz CT molecular complexity index is 1260. The highest BCUT2D eigenvalue weighted by Gasteiger charge is 2.77. The SMILES string of the molecule is CC(C)N1C(=O)N(CC2CCO2)C(=O)C12CC1N(C[C@H]3CN(C(=O)CC(C)(C)C)C[C@@H]3c3ccccc3)C3CCC31C2. The van der Waals surface area contributed by atoms with Crippen LogP contribution in [0.4, 0.5) is 4.79 Å². The quantitative estimate of drug-likeness (QED) is 0.448. The standard InChI is InChI=1S/C34H48N4O4/c1-22(2)38-31(41)37(19-25-12-14-42-25)30(40)34(38)15-28-33(21-34)13-11-27(33)36(28)18-24-17-35(29(39)16-32(3,4)5)20-26(24)23-9-7-6-8-10-23/h6-10,22,24-28H,11-21H2,1-5H3/t24-,25?,26-,27?,28?,33?,34?/m1/s1. The van der Waals surface area contributed by atoms with Gasteiger partial charge in [0.15, 0.2) is 0 Å². The topological polar surface area (TPSA) is 73.4 Å². The summed E-state index contributed by atoms with van der Waals surface area (Å²) in [4.78, 5) is 49.5. The predicted molar refractivity (Wildman–Crippen MR) is 160 cm³/mol. The number of carbonyl (C=O) groups excluding carboxylic acids is 3. The minimum Gasteiger partial charge on any atom is -0.376 e. The molecule has 2 saturated carbocycles. The number of urea groups is 1. The van der Waals surface area contributed by atoms with Crippen LogP contribution in [0.2, 0.25) is 0 Å². The number of imide groups is 1. The largest absolute Gasteiger partial charge is 0.376 e. The van der Waals surface area contributed by atoms with Crippen LogP contribution in [0.3, 0.4) is 0 Å². The van der Waals surface area contributed by atoms with Crippen molar-refractivity contribution in [1.29, 1.82) is 0 Å². The molecule has 6 aliphatic rings. The van der Waals surface area contributed by atoms with Crippen LogP contribution in [0.25, 0.3) is 0 Å². The summed E-state index contributed by atoms with van der Waals surface area (Å²) in [7, 11) is 0. The molecular weight excluding hydrogens is 528 g/mol. The molecule has 0 N–H and O–H groups in total. The molecule has 0 radical (unpaired) electrons. The third kappa shape index (κ3) is 4.18. The van der Waals surface area contributed by atoms with Crippen LogP contribution in [0.15, 0.2) is 30.3 Å². The summed E-state index contributed by atoms with van der Waals surface area (Å²) in [6.07, 6.45) is 5.27. The maximum absolute atomic E-state index is 14.2. The summed E-state index contributed by atoms with van der Waals surface area (Å²) < 4.78 is 5.63. The number of carbonyl (C=O) groups is 3. The molecule has 8 nitrogen and oxygen atoms in total. The fourth-order valence-corrected chi connectivity index (χ4v) is 9.61. The van der Waals surface area contributed by atoms with Gasteiger partial charge in [-0.1, -0.05) is 51.1 Å². The van der Waals surface area contributed by atoms with Gasteiger partial charge in [0.05, 0.1) is 12.6 Å². The van der Waals surface area contributed by atoms with E-state index in [1.165, 1.54) is 10.5 Å². The highest BCUT2D eigenvalue weighted by Crippen LogP contribution is 2.69. The normalized spacial score (nSPS) is 37.7. The fraction of sp³-hybridized carbons (Fsp3) is 0.735.